The van der Waals surface area contributed by atoms with Gasteiger partial charge in [-0.05, 0) is 73.8 Å². The van der Waals surface area contributed by atoms with Gasteiger partial charge in [-0.15, -0.1) is 11.3 Å². The van der Waals surface area contributed by atoms with E-state index >= 15 is 0 Å². The van der Waals surface area contributed by atoms with E-state index in [0.717, 1.165) is 39.9 Å². The predicted octanol–water partition coefficient (Wildman–Crippen LogP) is 3.70. The molecule has 0 N–H and O–H groups in total. The van der Waals surface area contributed by atoms with Crippen molar-refractivity contribution in [3.63, 3.8) is 0 Å². The average Bonchev–Trinajstić information content (AvgIpc) is 3.00. The summed E-state index contributed by atoms with van der Waals surface area (Å²) in [4.78, 5) is 14.5. The van der Waals surface area contributed by atoms with E-state index < -0.39 is 10.0 Å². The first kappa shape index (κ1) is 19.7. The van der Waals surface area contributed by atoms with Gasteiger partial charge in [0, 0.05) is 20.6 Å². The van der Waals surface area contributed by atoms with Crippen molar-refractivity contribution in [2.24, 2.45) is 23.2 Å². The number of halogens is 1. The predicted molar refractivity (Wildman–Crippen MR) is 107 cm³/mol. The first-order chi connectivity index (χ1) is 12.7. The minimum Gasteiger partial charge on any atom is -0.344 e. The highest BCUT2D eigenvalue weighted by Gasteiger charge is 2.51. The topological polar surface area (TPSA) is 57.7 Å². The van der Waals surface area contributed by atoms with Crippen LogP contribution >= 0.6 is 22.9 Å². The van der Waals surface area contributed by atoms with Crippen molar-refractivity contribution < 1.29 is 13.2 Å². The van der Waals surface area contributed by atoms with Gasteiger partial charge in [-0.1, -0.05) is 11.6 Å². The lowest BCUT2D eigenvalue weighted by Gasteiger charge is -2.57. The number of rotatable bonds is 6. The fraction of sp³-hybridized carbons (Fsp3) is 0.737. The molecule has 0 unspecified atom stereocenters. The molecule has 4 aliphatic carbocycles. The van der Waals surface area contributed by atoms with Gasteiger partial charge in [-0.25, -0.2) is 8.42 Å². The lowest BCUT2D eigenvalue weighted by molar-refractivity contribution is -0.135. The summed E-state index contributed by atoms with van der Waals surface area (Å²) in [6, 6.07) is 3.05. The minimum absolute atomic E-state index is 0.138. The van der Waals surface area contributed by atoms with Crippen LogP contribution in [0.15, 0.2) is 16.3 Å². The Hall–Kier alpha value is -0.630. The second-order valence-corrected chi connectivity index (χ2v) is 13.0. The second kappa shape index (κ2) is 7.01. The van der Waals surface area contributed by atoms with Crippen molar-refractivity contribution in [2.75, 3.05) is 27.2 Å². The lowest BCUT2D eigenvalue weighted by Crippen LogP contribution is -2.52. The molecule has 4 fully saturated rings. The van der Waals surface area contributed by atoms with Crippen LogP contribution in [0.2, 0.25) is 4.34 Å². The van der Waals surface area contributed by atoms with Crippen LogP contribution in [0.4, 0.5) is 0 Å². The van der Waals surface area contributed by atoms with Crippen LogP contribution in [0.5, 0.6) is 0 Å². The molecule has 5 rings (SSSR count). The van der Waals surface area contributed by atoms with E-state index in [2.05, 4.69) is 0 Å². The number of nitrogens with zero attached hydrogens (tertiary/aromatic N) is 2. The molecular weight excluding hydrogens is 404 g/mol. The Morgan fingerprint density at radius 3 is 2.19 bits per heavy atom. The standard InChI is InChI=1S/C19H27ClN2O3S2/c1-21(12-19-8-13-5-14(9-19)7-15(6-13)10-19)17(23)11-22(2)27(24,25)18-4-3-16(20)26-18/h3-4,13-15H,5-12H2,1-2H3. The average molecular weight is 431 g/mol. The number of carbonyl (C=O) groups is 1. The highest BCUT2D eigenvalue weighted by atomic mass is 35.5. The van der Waals surface area contributed by atoms with Gasteiger partial charge in [0.1, 0.15) is 4.21 Å². The SMILES string of the molecule is CN(CC12CC3CC(CC(C3)C1)C2)C(=O)CN(C)S(=O)(=O)c1ccc(Cl)s1. The Labute approximate surface area is 170 Å². The summed E-state index contributed by atoms with van der Waals surface area (Å²) in [7, 11) is -0.399. The van der Waals surface area contributed by atoms with Gasteiger partial charge in [0.05, 0.1) is 10.9 Å². The zero-order valence-electron chi connectivity index (χ0n) is 15.9. The second-order valence-electron chi connectivity index (χ2n) is 8.99. The zero-order chi connectivity index (χ0) is 19.4. The Morgan fingerprint density at radius 2 is 1.70 bits per heavy atom. The highest BCUT2D eigenvalue weighted by molar-refractivity contribution is 7.91. The third-order valence-electron chi connectivity index (χ3n) is 6.73. The quantitative estimate of drug-likeness (QED) is 0.691. The molecule has 0 aromatic carbocycles. The Bertz CT molecular complexity index is 800. The molecule has 5 nitrogen and oxygen atoms in total. The molecule has 4 aliphatic rings. The largest absolute Gasteiger partial charge is 0.344 e. The number of likely N-dealkylation sites (N-methyl/N-ethyl adjacent to an activating group) is 2. The summed E-state index contributed by atoms with van der Waals surface area (Å²) in [6.07, 6.45) is 7.83. The van der Waals surface area contributed by atoms with E-state index in [-0.39, 0.29) is 22.1 Å². The van der Waals surface area contributed by atoms with Crippen molar-refractivity contribution in [1.82, 2.24) is 9.21 Å². The van der Waals surface area contributed by atoms with Crippen LogP contribution in [-0.4, -0.2) is 50.7 Å². The van der Waals surface area contributed by atoms with Crippen LogP contribution < -0.4 is 0 Å². The van der Waals surface area contributed by atoms with E-state index in [1.807, 2.05) is 7.05 Å². The molecule has 1 amide bonds. The van der Waals surface area contributed by atoms with Gasteiger partial charge in [0.2, 0.25) is 5.91 Å². The molecule has 4 saturated carbocycles. The molecule has 8 heteroatoms. The zero-order valence-corrected chi connectivity index (χ0v) is 18.2. The van der Waals surface area contributed by atoms with E-state index in [1.165, 1.54) is 51.6 Å². The molecule has 1 heterocycles. The third kappa shape index (κ3) is 3.80. The molecule has 0 saturated heterocycles. The molecule has 150 valence electrons. The Balaban J connectivity index is 1.39. The highest BCUT2D eigenvalue weighted by Crippen LogP contribution is 2.60. The van der Waals surface area contributed by atoms with E-state index in [9.17, 15) is 13.2 Å². The van der Waals surface area contributed by atoms with Crippen LogP contribution in [0.1, 0.15) is 38.5 Å². The number of hydrogen-bond acceptors (Lipinski definition) is 4. The van der Waals surface area contributed by atoms with Crippen molar-refractivity contribution >= 4 is 38.9 Å². The van der Waals surface area contributed by atoms with E-state index in [1.54, 1.807) is 11.0 Å². The molecule has 1 aromatic heterocycles. The fourth-order valence-electron chi connectivity index (χ4n) is 6.06. The van der Waals surface area contributed by atoms with Crippen LogP contribution in [0, 0.1) is 23.2 Å². The fourth-order valence-corrected chi connectivity index (χ4v) is 8.87. The van der Waals surface area contributed by atoms with Gasteiger partial charge in [-0.2, -0.15) is 4.31 Å². The van der Waals surface area contributed by atoms with Gasteiger partial charge in [-0.3, -0.25) is 4.79 Å². The maximum atomic E-state index is 12.8. The van der Waals surface area contributed by atoms with Crippen molar-refractivity contribution in [3.8, 4) is 0 Å². The maximum absolute atomic E-state index is 12.8. The van der Waals surface area contributed by atoms with Gasteiger partial charge < -0.3 is 4.90 Å². The molecule has 1 aromatic rings. The summed E-state index contributed by atoms with van der Waals surface area (Å²) in [6.45, 7) is 0.620. The van der Waals surface area contributed by atoms with Crippen LogP contribution in [-0.2, 0) is 14.8 Å². The molecule has 0 radical (unpaired) electrons. The first-order valence-corrected chi connectivity index (χ1v) is 12.3. The molecule has 0 spiro atoms. The molecule has 27 heavy (non-hydrogen) atoms. The Kier molecular flexibility index (Phi) is 5.11. The van der Waals surface area contributed by atoms with E-state index in [0.29, 0.717) is 4.34 Å². The summed E-state index contributed by atoms with van der Waals surface area (Å²) in [5.41, 5.74) is 0.262. The number of thiophene rings is 1. The van der Waals surface area contributed by atoms with Gasteiger partial charge in [0.15, 0.2) is 0 Å². The van der Waals surface area contributed by atoms with Crippen molar-refractivity contribution in [2.45, 2.75) is 42.7 Å². The van der Waals surface area contributed by atoms with Gasteiger partial charge in [0.25, 0.3) is 10.0 Å². The minimum atomic E-state index is -3.68. The number of sulfonamides is 1. The maximum Gasteiger partial charge on any atom is 0.252 e. The monoisotopic (exact) mass is 430 g/mol. The molecular formula is C19H27ClN2O3S2. The first-order valence-electron chi connectivity index (χ1n) is 9.62. The van der Waals surface area contributed by atoms with Crippen molar-refractivity contribution in [1.29, 1.82) is 0 Å². The van der Waals surface area contributed by atoms with Gasteiger partial charge >= 0.3 is 0 Å². The normalized spacial score (nSPS) is 32.2. The number of carbonyl (C=O) groups excluding carboxylic acids is 1. The summed E-state index contributed by atoms with van der Waals surface area (Å²) in [5.74, 6) is 2.38. The Morgan fingerprint density at radius 1 is 1.15 bits per heavy atom. The number of amides is 1. The number of hydrogen-bond donors (Lipinski definition) is 0. The van der Waals surface area contributed by atoms with Crippen molar-refractivity contribution in [3.05, 3.63) is 16.5 Å². The lowest BCUT2D eigenvalue weighted by atomic mass is 9.49. The molecule has 0 aliphatic heterocycles. The molecule has 0 atom stereocenters. The van der Waals surface area contributed by atoms with E-state index in [4.69, 9.17) is 11.6 Å². The third-order valence-corrected chi connectivity index (χ3v) is 10.2. The summed E-state index contributed by atoms with van der Waals surface area (Å²) >= 11 is 6.87. The summed E-state index contributed by atoms with van der Waals surface area (Å²) < 4.78 is 27.0. The van der Waals surface area contributed by atoms with Crippen LogP contribution in [0.25, 0.3) is 0 Å². The smallest absolute Gasteiger partial charge is 0.252 e. The van der Waals surface area contributed by atoms with Crippen LogP contribution in [0.3, 0.4) is 0 Å². The summed E-state index contributed by atoms with van der Waals surface area (Å²) in [5, 5.41) is 0. The molecule has 4 bridgehead atoms.